The normalized spacial score (nSPS) is 33.0. The molecule has 2 fully saturated rings. The van der Waals surface area contributed by atoms with Crippen LogP contribution in [-0.4, -0.2) is 65.8 Å². The summed E-state index contributed by atoms with van der Waals surface area (Å²) in [4.78, 5) is 12.9. The molecule has 1 aliphatic heterocycles. The van der Waals surface area contributed by atoms with E-state index >= 15 is 0 Å². The second-order valence-electron chi connectivity index (χ2n) is 6.78. The van der Waals surface area contributed by atoms with Crippen molar-refractivity contribution in [1.29, 1.82) is 0 Å². The lowest BCUT2D eigenvalue weighted by Gasteiger charge is -2.28. The molecule has 0 bridgehead atoms. The van der Waals surface area contributed by atoms with E-state index in [4.69, 9.17) is 4.74 Å². The van der Waals surface area contributed by atoms with E-state index in [1.807, 2.05) is 0 Å². The van der Waals surface area contributed by atoms with Gasteiger partial charge in [-0.25, -0.2) is 15.0 Å². The minimum atomic E-state index is -0.735. The molecule has 1 aliphatic carbocycles. The van der Waals surface area contributed by atoms with Gasteiger partial charge in [0.25, 0.3) is 0 Å². The van der Waals surface area contributed by atoms with Crippen LogP contribution in [0.3, 0.4) is 0 Å². The molecular formula is C16H23N5O4. The van der Waals surface area contributed by atoms with E-state index in [-0.39, 0.29) is 12.6 Å². The van der Waals surface area contributed by atoms with Crippen LogP contribution in [0.25, 0.3) is 11.2 Å². The summed E-state index contributed by atoms with van der Waals surface area (Å²) in [6.45, 7) is -0.137. The van der Waals surface area contributed by atoms with Crippen LogP contribution < -0.4 is 5.32 Å². The molecule has 9 nitrogen and oxygen atoms in total. The molecule has 0 radical (unpaired) electrons. The first kappa shape index (κ1) is 16.6. The monoisotopic (exact) mass is 349 g/mol. The quantitative estimate of drug-likeness (QED) is 0.616. The average molecular weight is 349 g/mol. The Bertz CT molecular complexity index is 738. The third kappa shape index (κ3) is 3.08. The van der Waals surface area contributed by atoms with Gasteiger partial charge in [-0.2, -0.15) is 0 Å². The van der Waals surface area contributed by atoms with Crippen LogP contribution in [-0.2, 0) is 4.74 Å². The second kappa shape index (κ2) is 6.83. The van der Waals surface area contributed by atoms with Gasteiger partial charge in [-0.05, 0) is 12.8 Å². The van der Waals surface area contributed by atoms with Gasteiger partial charge >= 0.3 is 0 Å². The highest BCUT2D eigenvalue weighted by Gasteiger charge is 2.36. The summed E-state index contributed by atoms with van der Waals surface area (Å²) in [7, 11) is 0. The molecule has 1 unspecified atom stereocenters. The first-order valence-electron chi connectivity index (χ1n) is 8.74. The Morgan fingerprint density at radius 1 is 1.16 bits per heavy atom. The van der Waals surface area contributed by atoms with Crippen LogP contribution >= 0.6 is 0 Å². The highest BCUT2D eigenvalue weighted by Crippen LogP contribution is 2.32. The number of aliphatic hydroxyl groups is 3. The van der Waals surface area contributed by atoms with Gasteiger partial charge in [0.05, 0.1) is 31.2 Å². The first-order valence-corrected chi connectivity index (χ1v) is 8.74. The zero-order chi connectivity index (χ0) is 17.4. The molecule has 2 aromatic rings. The summed E-state index contributed by atoms with van der Waals surface area (Å²) < 4.78 is 7.35. The Labute approximate surface area is 144 Å². The van der Waals surface area contributed by atoms with Crippen LogP contribution in [0.15, 0.2) is 12.7 Å². The summed E-state index contributed by atoms with van der Waals surface area (Å²) >= 11 is 0. The predicted octanol–water partition coefficient (Wildman–Crippen LogP) is 0.182. The topological polar surface area (TPSA) is 126 Å². The lowest BCUT2D eigenvalue weighted by atomic mass is 9.92. The molecule has 0 aromatic carbocycles. The van der Waals surface area contributed by atoms with Crippen molar-refractivity contribution in [2.45, 2.75) is 62.7 Å². The number of hydrogen-bond donors (Lipinski definition) is 4. The minimum Gasteiger partial charge on any atom is -0.394 e. The van der Waals surface area contributed by atoms with Gasteiger partial charge in [-0.3, -0.25) is 4.57 Å². The van der Waals surface area contributed by atoms with Crippen LogP contribution in [0.2, 0.25) is 0 Å². The summed E-state index contributed by atoms with van der Waals surface area (Å²) in [6, 6.07) is -0.0518. The van der Waals surface area contributed by atoms with E-state index < -0.39 is 24.5 Å². The van der Waals surface area contributed by atoms with Gasteiger partial charge in [0, 0.05) is 6.42 Å². The third-order valence-corrected chi connectivity index (χ3v) is 5.05. The zero-order valence-corrected chi connectivity index (χ0v) is 13.8. The van der Waals surface area contributed by atoms with Gasteiger partial charge < -0.3 is 25.4 Å². The summed E-state index contributed by atoms with van der Waals surface area (Å²) in [5.74, 6) is 0.570. The maximum atomic E-state index is 10.2. The van der Waals surface area contributed by atoms with Crippen molar-refractivity contribution >= 4 is 17.0 Å². The largest absolute Gasteiger partial charge is 0.394 e. The van der Waals surface area contributed by atoms with Crippen molar-refractivity contribution in [3.05, 3.63) is 12.7 Å². The molecule has 1 saturated carbocycles. The molecule has 2 aliphatic rings. The maximum Gasteiger partial charge on any atom is 0.167 e. The molecular weight excluding hydrogens is 326 g/mol. The molecule has 4 rings (SSSR count). The molecule has 9 heteroatoms. The third-order valence-electron chi connectivity index (χ3n) is 5.05. The molecule has 0 amide bonds. The number of anilines is 1. The number of rotatable bonds is 4. The highest BCUT2D eigenvalue weighted by atomic mass is 16.5. The second-order valence-corrected chi connectivity index (χ2v) is 6.78. The summed E-state index contributed by atoms with van der Waals surface area (Å²) in [5, 5.41) is 32.9. The number of imidazole rings is 1. The van der Waals surface area contributed by atoms with Crippen LogP contribution in [0.1, 0.15) is 38.3 Å². The fourth-order valence-electron chi connectivity index (χ4n) is 3.70. The highest BCUT2D eigenvalue weighted by molar-refractivity contribution is 5.82. The van der Waals surface area contributed by atoms with Crippen molar-refractivity contribution < 1.29 is 20.1 Å². The lowest BCUT2D eigenvalue weighted by molar-refractivity contribution is -0.0486. The Kier molecular flexibility index (Phi) is 4.55. The van der Waals surface area contributed by atoms with Gasteiger partial charge in [-0.1, -0.05) is 12.8 Å². The van der Waals surface area contributed by atoms with E-state index in [9.17, 15) is 15.3 Å². The number of aliphatic hydroxyl groups excluding tert-OH is 3. The smallest absolute Gasteiger partial charge is 0.167 e. The van der Waals surface area contributed by atoms with Crippen molar-refractivity contribution in [3.8, 4) is 0 Å². The summed E-state index contributed by atoms with van der Waals surface area (Å²) in [5.41, 5.74) is 1.12. The number of nitrogens with one attached hydrogen (secondary N) is 1. The molecule has 136 valence electrons. The lowest BCUT2D eigenvalue weighted by Crippen LogP contribution is -2.36. The number of fused-ring (bicyclic) bond motifs is 1. The van der Waals surface area contributed by atoms with Crippen molar-refractivity contribution in [2.24, 2.45) is 0 Å². The number of nitrogens with zero attached hydrogens (tertiary/aromatic N) is 4. The molecule has 4 N–H and O–H groups in total. The van der Waals surface area contributed by atoms with E-state index in [1.165, 1.54) is 6.33 Å². The molecule has 2 aromatic heterocycles. The number of hydrogen-bond acceptors (Lipinski definition) is 8. The van der Waals surface area contributed by atoms with E-state index in [0.717, 1.165) is 25.7 Å². The fraction of sp³-hybridized carbons (Fsp3) is 0.688. The Balaban J connectivity index is 1.62. The minimum absolute atomic E-state index is 0.0518. The van der Waals surface area contributed by atoms with Gasteiger partial charge in [0.1, 0.15) is 12.4 Å². The van der Waals surface area contributed by atoms with Crippen molar-refractivity contribution in [1.82, 2.24) is 19.5 Å². The first-order chi connectivity index (χ1) is 12.2. The Hall–Kier alpha value is -1.81. The van der Waals surface area contributed by atoms with E-state index in [2.05, 4.69) is 20.3 Å². The Morgan fingerprint density at radius 3 is 2.76 bits per heavy atom. The number of aromatic nitrogens is 4. The van der Waals surface area contributed by atoms with Gasteiger partial charge in [0.2, 0.25) is 0 Å². The molecule has 25 heavy (non-hydrogen) atoms. The van der Waals surface area contributed by atoms with Crippen LogP contribution in [0.4, 0.5) is 5.82 Å². The van der Waals surface area contributed by atoms with E-state index in [1.54, 1.807) is 10.9 Å². The predicted molar refractivity (Wildman–Crippen MR) is 88.8 cm³/mol. The SMILES string of the molecule is OC[C@@H]1C[C@@H](O)[C@H](n2cnc3c(N[C@@H]4CCCCC4O)ncnc32)O1. The van der Waals surface area contributed by atoms with Gasteiger partial charge in [0.15, 0.2) is 23.2 Å². The van der Waals surface area contributed by atoms with Crippen molar-refractivity contribution in [3.63, 3.8) is 0 Å². The van der Waals surface area contributed by atoms with Crippen LogP contribution in [0.5, 0.6) is 0 Å². The molecule has 3 heterocycles. The van der Waals surface area contributed by atoms with E-state index in [0.29, 0.717) is 23.4 Å². The van der Waals surface area contributed by atoms with Crippen LogP contribution in [0, 0.1) is 0 Å². The van der Waals surface area contributed by atoms with Gasteiger partial charge in [-0.15, -0.1) is 0 Å². The molecule has 5 atom stereocenters. The average Bonchev–Trinajstić information content (AvgIpc) is 3.20. The summed E-state index contributed by atoms with van der Waals surface area (Å²) in [6.07, 6.45) is 4.98. The zero-order valence-electron chi connectivity index (χ0n) is 13.8. The molecule has 0 spiro atoms. The fourth-order valence-corrected chi connectivity index (χ4v) is 3.70. The Morgan fingerprint density at radius 2 is 2.00 bits per heavy atom. The maximum absolute atomic E-state index is 10.2. The molecule has 1 saturated heterocycles. The number of ether oxygens (including phenoxy) is 1. The van der Waals surface area contributed by atoms with Crippen molar-refractivity contribution in [2.75, 3.05) is 11.9 Å². The standard InChI is InChI=1S/C16H23N5O4/c22-6-9-5-12(24)16(25-9)21-8-19-13-14(17-7-18-15(13)21)20-10-3-1-2-4-11(10)23/h7-12,16,22-24H,1-6H2,(H,17,18,20)/t9-,10+,11?,12+,16+/m0/s1.